The Hall–Kier alpha value is -0.540. The van der Waals surface area contributed by atoms with Crippen LogP contribution in [-0.4, -0.2) is 66.3 Å². The number of carbonyl (C=O) groups excluding carboxylic acids is 1. The minimum atomic E-state index is -4.50. The van der Waals surface area contributed by atoms with Crippen LogP contribution in [0.1, 0.15) is 181 Å². The highest BCUT2D eigenvalue weighted by Crippen LogP contribution is 2.43. The molecular weight excluding hydrogens is 607 g/mol. The van der Waals surface area contributed by atoms with Gasteiger partial charge in [0.05, 0.1) is 26.4 Å². The number of hydrogen-bond acceptors (Lipinski definition) is 8. The number of rotatable bonds is 37. The number of aliphatic hydroxyl groups is 2. The number of hydrogen-bond donors (Lipinski definition) is 3. The zero-order valence-electron chi connectivity index (χ0n) is 29.8. The first-order chi connectivity index (χ1) is 22.3. The number of esters is 1. The smallest absolute Gasteiger partial charge is 0.457 e. The van der Waals surface area contributed by atoms with Crippen molar-refractivity contribution in [1.82, 2.24) is 0 Å². The largest absolute Gasteiger partial charge is 0.472 e. The molecule has 46 heavy (non-hydrogen) atoms. The molecule has 0 bridgehead atoms. The Kier molecular flexibility index (Phi) is 33.9. The standard InChI is InChI=1S/C36H73O9P/c1-3-5-7-9-11-13-14-15-16-17-18-19-20-21-23-25-27-29-42-32-35(33-44-46(40,41)43-31-34(38)30-37)45-36(39)28-26-24-22-12-10-8-6-4-2/h34-35,37-38H,3-33H2,1-2H3,(H,40,41). The van der Waals surface area contributed by atoms with E-state index in [4.69, 9.17) is 23.6 Å². The summed E-state index contributed by atoms with van der Waals surface area (Å²) < 4.78 is 33.1. The molecule has 9 nitrogen and oxygen atoms in total. The van der Waals surface area contributed by atoms with E-state index in [2.05, 4.69) is 13.8 Å². The molecule has 0 aromatic heterocycles. The highest BCUT2D eigenvalue weighted by atomic mass is 31.2. The maximum Gasteiger partial charge on any atom is 0.472 e. The molecule has 0 aliphatic heterocycles. The zero-order valence-corrected chi connectivity index (χ0v) is 30.7. The predicted molar refractivity (Wildman–Crippen MR) is 187 cm³/mol. The molecule has 0 aromatic carbocycles. The van der Waals surface area contributed by atoms with Gasteiger partial charge >= 0.3 is 13.8 Å². The summed E-state index contributed by atoms with van der Waals surface area (Å²) in [6.45, 7) is 3.51. The molecule has 0 aliphatic carbocycles. The van der Waals surface area contributed by atoms with Gasteiger partial charge in [0.15, 0.2) is 0 Å². The van der Waals surface area contributed by atoms with Crippen LogP contribution in [0.25, 0.3) is 0 Å². The van der Waals surface area contributed by atoms with Gasteiger partial charge < -0.3 is 24.6 Å². The molecule has 0 spiro atoms. The zero-order chi connectivity index (χ0) is 34.0. The van der Waals surface area contributed by atoms with Gasteiger partial charge in [0, 0.05) is 13.0 Å². The van der Waals surface area contributed by atoms with Crippen molar-refractivity contribution in [3.63, 3.8) is 0 Å². The molecule has 0 fully saturated rings. The first-order valence-corrected chi connectivity index (χ1v) is 20.5. The number of aliphatic hydroxyl groups excluding tert-OH is 2. The lowest BCUT2D eigenvalue weighted by molar-refractivity contribution is -0.154. The second-order valence-electron chi connectivity index (χ2n) is 13.0. The fourth-order valence-electron chi connectivity index (χ4n) is 5.36. The molecule has 0 aliphatic rings. The van der Waals surface area contributed by atoms with E-state index >= 15 is 0 Å². The van der Waals surface area contributed by atoms with Crippen molar-refractivity contribution in [1.29, 1.82) is 0 Å². The highest BCUT2D eigenvalue weighted by Gasteiger charge is 2.26. The third-order valence-electron chi connectivity index (χ3n) is 8.29. The van der Waals surface area contributed by atoms with Crippen molar-refractivity contribution in [2.24, 2.45) is 0 Å². The first-order valence-electron chi connectivity index (χ1n) is 19.0. The van der Waals surface area contributed by atoms with Crippen molar-refractivity contribution < 1.29 is 43.0 Å². The Morgan fingerprint density at radius 1 is 0.587 bits per heavy atom. The van der Waals surface area contributed by atoms with Crippen LogP contribution in [0.15, 0.2) is 0 Å². The van der Waals surface area contributed by atoms with Gasteiger partial charge in [0.1, 0.15) is 12.2 Å². The fourth-order valence-corrected chi connectivity index (χ4v) is 6.15. The van der Waals surface area contributed by atoms with E-state index in [0.717, 1.165) is 32.1 Å². The Bertz CT molecular complexity index is 694. The summed E-state index contributed by atoms with van der Waals surface area (Å²) in [6.07, 6.45) is 29.3. The molecule has 0 saturated carbocycles. The van der Waals surface area contributed by atoms with Gasteiger partial charge in [0.2, 0.25) is 0 Å². The van der Waals surface area contributed by atoms with Crippen molar-refractivity contribution in [3.05, 3.63) is 0 Å². The van der Waals surface area contributed by atoms with E-state index < -0.39 is 33.2 Å². The minimum Gasteiger partial charge on any atom is -0.457 e. The van der Waals surface area contributed by atoms with Gasteiger partial charge in [-0.2, -0.15) is 0 Å². The lowest BCUT2D eigenvalue weighted by Gasteiger charge is -2.20. The van der Waals surface area contributed by atoms with Crippen molar-refractivity contribution in [2.75, 3.05) is 33.0 Å². The summed E-state index contributed by atoms with van der Waals surface area (Å²) in [5.41, 5.74) is 0. The van der Waals surface area contributed by atoms with Crippen LogP contribution in [0.3, 0.4) is 0 Å². The normalized spacial score (nSPS) is 14.3. The van der Waals surface area contributed by atoms with Gasteiger partial charge in [-0.05, 0) is 12.8 Å². The molecule has 0 heterocycles. The predicted octanol–water partition coefficient (Wildman–Crippen LogP) is 9.58. The van der Waals surface area contributed by atoms with Crippen molar-refractivity contribution >= 4 is 13.8 Å². The van der Waals surface area contributed by atoms with E-state index in [1.165, 1.54) is 128 Å². The van der Waals surface area contributed by atoms with Crippen molar-refractivity contribution in [2.45, 2.75) is 193 Å². The molecule has 0 aromatic rings. The van der Waals surface area contributed by atoms with Crippen LogP contribution < -0.4 is 0 Å². The summed E-state index contributed by atoms with van der Waals surface area (Å²) in [7, 11) is -4.50. The Morgan fingerprint density at radius 3 is 1.41 bits per heavy atom. The topological polar surface area (TPSA) is 132 Å². The number of phosphoric ester groups is 1. The van der Waals surface area contributed by atoms with Crippen LogP contribution >= 0.6 is 7.82 Å². The van der Waals surface area contributed by atoms with Gasteiger partial charge in [-0.1, -0.05) is 162 Å². The van der Waals surface area contributed by atoms with Gasteiger partial charge in [-0.25, -0.2) is 4.57 Å². The molecule has 0 rings (SSSR count). The highest BCUT2D eigenvalue weighted by molar-refractivity contribution is 7.47. The maximum atomic E-state index is 12.4. The lowest BCUT2D eigenvalue weighted by Crippen LogP contribution is -2.29. The molecule has 276 valence electrons. The average molecular weight is 681 g/mol. The molecule has 3 N–H and O–H groups in total. The van der Waals surface area contributed by atoms with Crippen LogP contribution in [-0.2, 0) is 27.9 Å². The number of phosphoric acid groups is 1. The summed E-state index contributed by atoms with van der Waals surface area (Å²) >= 11 is 0. The third-order valence-corrected chi connectivity index (χ3v) is 9.24. The Labute approximate surface area is 282 Å². The number of carbonyl (C=O) groups is 1. The number of ether oxygens (including phenoxy) is 2. The maximum absolute atomic E-state index is 12.4. The first kappa shape index (κ1) is 45.5. The average Bonchev–Trinajstić information content (AvgIpc) is 3.04. The van der Waals surface area contributed by atoms with E-state index in [1.54, 1.807) is 0 Å². The molecule has 0 radical (unpaired) electrons. The lowest BCUT2D eigenvalue weighted by atomic mass is 10.0. The molecule has 10 heteroatoms. The summed E-state index contributed by atoms with van der Waals surface area (Å²) in [5.74, 6) is -0.384. The summed E-state index contributed by atoms with van der Waals surface area (Å²) in [5, 5.41) is 18.2. The Balaban J connectivity index is 4.09. The van der Waals surface area contributed by atoms with Gasteiger partial charge in [-0.3, -0.25) is 13.8 Å². The fraction of sp³-hybridized carbons (Fsp3) is 0.972. The van der Waals surface area contributed by atoms with Crippen LogP contribution in [0, 0.1) is 0 Å². The minimum absolute atomic E-state index is 0.0568. The number of unbranched alkanes of at least 4 members (excludes halogenated alkanes) is 23. The Morgan fingerprint density at radius 2 is 0.978 bits per heavy atom. The van der Waals surface area contributed by atoms with Gasteiger partial charge in [-0.15, -0.1) is 0 Å². The van der Waals surface area contributed by atoms with E-state index in [9.17, 15) is 19.4 Å². The van der Waals surface area contributed by atoms with Gasteiger partial charge in [0.25, 0.3) is 0 Å². The van der Waals surface area contributed by atoms with E-state index in [-0.39, 0.29) is 25.6 Å². The van der Waals surface area contributed by atoms with E-state index in [0.29, 0.717) is 6.61 Å². The summed E-state index contributed by atoms with van der Waals surface area (Å²) in [6, 6.07) is 0. The third kappa shape index (κ3) is 33.4. The second kappa shape index (κ2) is 34.3. The second-order valence-corrected chi connectivity index (χ2v) is 14.4. The van der Waals surface area contributed by atoms with Crippen LogP contribution in [0.4, 0.5) is 0 Å². The molecule has 0 amide bonds. The molecule has 0 saturated heterocycles. The van der Waals surface area contributed by atoms with E-state index in [1.807, 2.05) is 0 Å². The SMILES string of the molecule is CCCCCCCCCCCCCCCCCCCOCC(COP(=O)(O)OCC(O)CO)OC(=O)CCCCCCCCCC. The quantitative estimate of drug-likeness (QED) is 0.0333. The van der Waals surface area contributed by atoms with Crippen molar-refractivity contribution in [3.8, 4) is 0 Å². The van der Waals surface area contributed by atoms with Crippen LogP contribution in [0.5, 0.6) is 0 Å². The molecule has 3 unspecified atom stereocenters. The summed E-state index contributed by atoms with van der Waals surface area (Å²) in [4.78, 5) is 22.3. The molecule has 3 atom stereocenters. The monoisotopic (exact) mass is 680 g/mol. The van der Waals surface area contributed by atoms with Crippen LogP contribution in [0.2, 0.25) is 0 Å². The molecular formula is C36H73O9P.